The molecule has 0 amide bonds. The van der Waals surface area contributed by atoms with Crippen molar-refractivity contribution in [3.63, 3.8) is 0 Å². The van der Waals surface area contributed by atoms with Gasteiger partial charge in [0.1, 0.15) is 25.9 Å². The monoisotopic (exact) mass is 998 g/mol. The highest BCUT2D eigenvalue weighted by Gasteiger charge is 2.28. The van der Waals surface area contributed by atoms with E-state index in [1.807, 2.05) is 6.92 Å². The topological polar surface area (TPSA) is 144 Å². The highest BCUT2D eigenvalue weighted by molar-refractivity contribution is 14.1. The fourth-order valence-corrected chi connectivity index (χ4v) is 9.21. The molecule has 1 aliphatic rings. The van der Waals surface area contributed by atoms with Crippen LogP contribution in [-0.2, 0) is 55.6 Å². The molecule has 14 nitrogen and oxygen atoms in total. The van der Waals surface area contributed by atoms with Gasteiger partial charge in [0.2, 0.25) is 0 Å². The van der Waals surface area contributed by atoms with Crippen molar-refractivity contribution in [1.29, 1.82) is 0 Å². The number of aliphatic imine (C=N–C) groups is 1. The molecule has 2 aromatic rings. The number of rotatable bonds is 29. The van der Waals surface area contributed by atoms with Gasteiger partial charge in [-0.2, -0.15) is 0 Å². The highest BCUT2D eigenvalue weighted by atomic mass is 127. The van der Waals surface area contributed by atoms with E-state index in [1.54, 1.807) is 27.7 Å². The predicted molar refractivity (Wildman–Crippen MR) is 249 cm³/mol. The van der Waals surface area contributed by atoms with Crippen LogP contribution in [0.1, 0.15) is 64.1 Å². The van der Waals surface area contributed by atoms with Gasteiger partial charge in [-0.15, -0.1) is 11.6 Å². The zero-order valence-corrected chi connectivity index (χ0v) is 40.9. The molecular weight excluding hydrogens is 936 g/mol. The molecule has 1 aromatic carbocycles. The Bertz CT molecular complexity index is 1900. The number of ether oxygens (including phenoxy) is 6. The molecule has 0 fully saturated rings. The van der Waals surface area contributed by atoms with Crippen molar-refractivity contribution in [2.45, 2.75) is 55.4 Å². The van der Waals surface area contributed by atoms with E-state index in [4.69, 9.17) is 51.5 Å². The Labute approximate surface area is 377 Å². The lowest BCUT2D eigenvalue weighted by Gasteiger charge is -2.19. The van der Waals surface area contributed by atoms with E-state index < -0.39 is 22.0 Å². The van der Waals surface area contributed by atoms with E-state index in [0.29, 0.717) is 39.6 Å². The molecule has 0 atom stereocenters. The van der Waals surface area contributed by atoms with Gasteiger partial charge < -0.3 is 51.0 Å². The second kappa shape index (κ2) is 29.1. The quantitative estimate of drug-likeness (QED) is 0.0254. The van der Waals surface area contributed by atoms with Gasteiger partial charge in [-0.05, 0) is 119 Å². The average Bonchev–Trinajstić information content (AvgIpc) is 3.70. The molecular formula is C43H62BIN2O12P2. The van der Waals surface area contributed by atoms with Crippen LogP contribution in [0.15, 0.2) is 52.7 Å². The number of halogens is 1. The SMILES string of the molecule is CCOP(=O)(COCCOCCOCC#CB(C#CCOCCOCCOCP(=O)(OCC)OCC)n1c(C)cc(C)c1/C(=C1\N=C(C)C=C1C)c1ccc(I)cc1)OCC. The third kappa shape index (κ3) is 18.7. The maximum absolute atomic E-state index is 12.5. The third-order valence-electron chi connectivity index (χ3n) is 8.49. The Morgan fingerprint density at radius 3 is 1.54 bits per heavy atom. The van der Waals surface area contributed by atoms with Crippen molar-refractivity contribution in [3.05, 3.63) is 73.8 Å². The van der Waals surface area contributed by atoms with Crippen molar-refractivity contribution >= 4 is 55.9 Å². The smallest absolute Gasteiger partial charge is 0.377 e. The average molecular weight is 999 g/mol. The van der Waals surface area contributed by atoms with Gasteiger partial charge in [0, 0.05) is 26.2 Å². The predicted octanol–water partition coefficient (Wildman–Crippen LogP) is 8.36. The maximum atomic E-state index is 12.5. The Balaban J connectivity index is 1.70. The first kappa shape index (κ1) is 53.0. The molecule has 0 saturated heterocycles. The summed E-state index contributed by atoms with van der Waals surface area (Å²) < 4.78 is 83.1. The van der Waals surface area contributed by atoms with Gasteiger partial charge >= 0.3 is 22.0 Å². The third-order valence-corrected chi connectivity index (χ3v) is 12.8. The molecule has 2 heterocycles. The van der Waals surface area contributed by atoms with Gasteiger partial charge in [-0.3, -0.25) is 14.1 Å². The van der Waals surface area contributed by atoms with Crippen LogP contribution in [0.25, 0.3) is 5.57 Å². The van der Waals surface area contributed by atoms with Crippen LogP contribution in [0.2, 0.25) is 0 Å². The molecule has 0 unspecified atom stereocenters. The van der Waals surface area contributed by atoms with Crippen molar-refractivity contribution < 1.29 is 55.6 Å². The number of nitrogens with zero attached hydrogens (tertiary/aromatic N) is 2. The Hall–Kier alpha value is -2.38. The van der Waals surface area contributed by atoms with Gasteiger partial charge in [-0.25, -0.2) is 0 Å². The standard InChI is InChI=1S/C43H62BIN2O12P2/c1-9-56-60(48,57-10-2)33-54-29-27-52-25-23-50-21-13-19-44(20-14-22-51-24-26-53-28-30-55-34-61(49,58-11-3)59-12-4)47-38(8)32-36(6)43(47)41(39-15-17-40(45)18-16-39)42-35(5)31-37(7)46-42/h15-18,31-32H,9-12,21-30,33-34H2,1-8H3/b42-41-. The zero-order chi connectivity index (χ0) is 44.5. The molecule has 61 heavy (non-hydrogen) atoms. The maximum Gasteiger partial charge on any atom is 0.433 e. The normalized spacial score (nSPS) is 13.7. The Morgan fingerprint density at radius 2 is 1.11 bits per heavy atom. The molecule has 1 aromatic heterocycles. The zero-order valence-electron chi connectivity index (χ0n) is 36.9. The minimum atomic E-state index is -3.26. The molecule has 0 aliphatic carbocycles. The van der Waals surface area contributed by atoms with Gasteiger partial charge in [0.05, 0.1) is 85.0 Å². The van der Waals surface area contributed by atoms with Crippen LogP contribution in [-0.4, -0.2) is 122 Å². The van der Waals surface area contributed by atoms with Crippen LogP contribution >= 0.6 is 37.8 Å². The van der Waals surface area contributed by atoms with Crippen LogP contribution < -0.4 is 0 Å². The Kier molecular flexibility index (Phi) is 25.3. The minimum absolute atomic E-state index is 0.127. The fourth-order valence-electron chi connectivity index (χ4n) is 6.13. The van der Waals surface area contributed by atoms with Crippen LogP contribution in [0.4, 0.5) is 0 Å². The van der Waals surface area contributed by atoms with E-state index in [1.165, 1.54) is 0 Å². The van der Waals surface area contributed by atoms with Crippen LogP contribution in [0.5, 0.6) is 0 Å². The van der Waals surface area contributed by atoms with Gasteiger partial charge in [0.15, 0.2) is 0 Å². The van der Waals surface area contributed by atoms with E-state index in [0.717, 1.165) is 48.6 Å². The van der Waals surface area contributed by atoms with Crippen molar-refractivity contribution in [2.24, 2.45) is 4.99 Å². The van der Waals surface area contributed by atoms with Crippen LogP contribution in [0.3, 0.4) is 0 Å². The molecule has 0 bridgehead atoms. The summed E-state index contributed by atoms with van der Waals surface area (Å²) in [6, 6.07) is 10.6. The number of aromatic nitrogens is 1. The number of hydrogen-bond donors (Lipinski definition) is 0. The fraction of sp³-hybridized carbons (Fsp3) is 0.558. The number of benzene rings is 1. The van der Waals surface area contributed by atoms with Crippen molar-refractivity contribution in [2.75, 3.05) is 105 Å². The van der Waals surface area contributed by atoms with E-state index >= 15 is 0 Å². The molecule has 0 spiro atoms. The van der Waals surface area contributed by atoms with E-state index in [9.17, 15) is 9.13 Å². The van der Waals surface area contributed by atoms with Crippen molar-refractivity contribution in [3.8, 4) is 23.5 Å². The Morgan fingerprint density at radius 1 is 0.672 bits per heavy atom. The minimum Gasteiger partial charge on any atom is -0.377 e. The number of aryl methyl sites for hydroxylation is 2. The summed E-state index contributed by atoms with van der Waals surface area (Å²) in [7, 11) is -6.52. The molecule has 3 rings (SSSR count). The van der Waals surface area contributed by atoms with Crippen LogP contribution in [0, 0.1) is 40.9 Å². The summed E-state index contributed by atoms with van der Waals surface area (Å²) in [5.41, 5.74) is 8.06. The van der Waals surface area contributed by atoms with E-state index in [-0.39, 0.29) is 65.6 Å². The second-order valence-corrected chi connectivity index (χ2v) is 18.6. The first-order chi connectivity index (χ1) is 29.4. The summed E-state index contributed by atoms with van der Waals surface area (Å²) in [6.07, 6.45) is 1.85. The van der Waals surface area contributed by atoms with Gasteiger partial charge in [0.25, 0.3) is 0 Å². The second-order valence-electron chi connectivity index (χ2n) is 13.3. The van der Waals surface area contributed by atoms with E-state index in [2.05, 4.69) is 108 Å². The lowest BCUT2D eigenvalue weighted by molar-refractivity contribution is 0.0251. The lowest BCUT2D eigenvalue weighted by atomic mass is 9.63. The molecule has 0 saturated carbocycles. The molecule has 0 radical (unpaired) electrons. The van der Waals surface area contributed by atoms with Crippen molar-refractivity contribution in [1.82, 2.24) is 4.48 Å². The molecule has 18 heteroatoms. The largest absolute Gasteiger partial charge is 0.433 e. The molecule has 0 N–H and O–H groups in total. The molecule has 1 aliphatic heterocycles. The highest BCUT2D eigenvalue weighted by Crippen LogP contribution is 2.48. The summed E-state index contributed by atoms with van der Waals surface area (Å²) in [5.74, 6) is 13.1. The number of allylic oxidation sites excluding steroid dienone is 2. The first-order valence-corrected chi connectivity index (χ1v) is 25.1. The first-order valence-electron chi connectivity index (χ1n) is 20.5. The van der Waals surface area contributed by atoms with Gasteiger partial charge in [-0.1, -0.05) is 24.0 Å². The lowest BCUT2D eigenvalue weighted by Crippen LogP contribution is -2.26. The number of hydrogen-bond acceptors (Lipinski definition) is 13. The molecule has 336 valence electrons. The summed E-state index contributed by atoms with van der Waals surface area (Å²) >= 11 is 2.32. The summed E-state index contributed by atoms with van der Waals surface area (Å²) in [6.45, 7) is 18.6. The summed E-state index contributed by atoms with van der Waals surface area (Å²) in [5, 5.41) is 0. The summed E-state index contributed by atoms with van der Waals surface area (Å²) in [4.78, 5) is 4.99.